The molecule has 0 saturated heterocycles. The third-order valence-corrected chi connectivity index (χ3v) is 6.54. The number of carbonyl (C=O) groups excluding carboxylic acids is 2. The largest absolute Gasteiger partial charge is 0.345 e. The maximum absolute atomic E-state index is 13.3. The quantitative estimate of drug-likeness (QED) is 0.301. The number of rotatable bonds is 11. The summed E-state index contributed by atoms with van der Waals surface area (Å²) in [5.41, 5.74) is 3.33. The number of amides is 2. The number of benzene rings is 2. The molecule has 0 spiro atoms. The molecule has 3 atom stereocenters. The van der Waals surface area contributed by atoms with E-state index in [0.717, 1.165) is 28.2 Å². The van der Waals surface area contributed by atoms with Crippen LogP contribution < -0.4 is 15.4 Å². The zero-order chi connectivity index (χ0) is 24.5. The zero-order valence-corrected chi connectivity index (χ0v) is 20.6. The monoisotopic (exact) mass is 500 g/mol. The van der Waals surface area contributed by atoms with Crippen molar-refractivity contribution in [1.82, 2.24) is 15.6 Å². The molecule has 34 heavy (non-hydrogen) atoms. The molecule has 0 aliphatic rings. The summed E-state index contributed by atoms with van der Waals surface area (Å²) in [5.74, 6) is -0.564. The summed E-state index contributed by atoms with van der Waals surface area (Å²) in [6, 6.07) is 15.5. The topological polar surface area (TPSA) is 120 Å². The Morgan fingerprint density at radius 3 is 2.29 bits per heavy atom. The lowest BCUT2D eigenvalue weighted by Gasteiger charge is -2.22. The van der Waals surface area contributed by atoms with Gasteiger partial charge >= 0.3 is 0 Å². The second-order valence-corrected chi connectivity index (χ2v) is 9.38. The van der Waals surface area contributed by atoms with E-state index < -0.39 is 23.4 Å². The summed E-state index contributed by atoms with van der Waals surface area (Å²) in [6.07, 6.45) is 1.64. The molecule has 2 amide bonds. The van der Waals surface area contributed by atoms with E-state index in [2.05, 4.69) is 20.3 Å². The number of aromatic nitrogens is 1. The Hall–Kier alpha value is -3.08. The van der Waals surface area contributed by atoms with Gasteiger partial charge in [0.05, 0.1) is 11.7 Å². The second-order valence-electron chi connectivity index (χ2n) is 7.79. The van der Waals surface area contributed by atoms with E-state index in [1.165, 1.54) is 18.3 Å². The van der Waals surface area contributed by atoms with Gasteiger partial charge in [-0.15, -0.1) is 11.3 Å². The summed E-state index contributed by atoms with van der Waals surface area (Å²) in [6.45, 7) is 3.42. The predicted octanol–water partition coefficient (Wildman–Crippen LogP) is 3.40. The predicted molar refractivity (Wildman–Crippen MR) is 135 cm³/mol. The van der Waals surface area contributed by atoms with Gasteiger partial charge in [0.2, 0.25) is 11.8 Å². The van der Waals surface area contributed by atoms with E-state index in [0.29, 0.717) is 18.5 Å². The standard InChI is InChI=1S/C24H28N4O4S2/c1-3-19-15-33-24(26-19)22(14-18-9-11-20(12-10-18)28-34(31)32)27-23(30)21(25-16(2)29)13-17-7-5-4-6-8-17/h4-12,15,21-22,28H,3,13-14H2,1-2H3,(H,25,29)(H,27,30)(H,31,32)/t21-,22-/m0/s1. The molecule has 1 aromatic heterocycles. The van der Waals surface area contributed by atoms with E-state index in [1.807, 2.05) is 54.8 Å². The molecule has 0 aliphatic heterocycles. The van der Waals surface area contributed by atoms with Crippen LogP contribution in [0, 0.1) is 0 Å². The Morgan fingerprint density at radius 2 is 1.71 bits per heavy atom. The number of carbonyl (C=O) groups is 2. The average molecular weight is 501 g/mol. The van der Waals surface area contributed by atoms with Crippen molar-refractivity contribution < 1.29 is 18.4 Å². The molecule has 180 valence electrons. The second kappa shape index (κ2) is 12.4. The normalized spacial score (nSPS) is 13.5. The van der Waals surface area contributed by atoms with Gasteiger partial charge in [0, 0.05) is 24.4 Å². The Balaban J connectivity index is 1.80. The van der Waals surface area contributed by atoms with E-state index >= 15 is 0 Å². The summed E-state index contributed by atoms with van der Waals surface area (Å²) in [5, 5.41) is 8.61. The number of nitrogens with one attached hydrogen (secondary N) is 3. The summed E-state index contributed by atoms with van der Waals surface area (Å²) >= 11 is -0.661. The fraction of sp³-hybridized carbons (Fsp3) is 0.292. The van der Waals surface area contributed by atoms with Crippen LogP contribution in [0.3, 0.4) is 0 Å². The van der Waals surface area contributed by atoms with Gasteiger partial charge in [-0.25, -0.2) is 9.19 Å². The molecule has 0 bridgehead atoms. The first-order valence-electron chi connectivity index (χ1n) is 10.9. The van der Waals surface area contributed by atoms with Gasteiger partial charge < -0.3 is 10.6 Å². The number of nitrogens with zero attached hydrogens (tertiary/aromatic N) is 1. The molecule has 3 rings (SSSR count). The molecule has 8 nitrogen and oxygen atoms in total. The van der Waals surface area contributed by atoms with Gasteiger partial charge in [-0.3, -0.25) is 18.9 Å². The molecule has 0 aliphatic carbocycles. The lowest BCUT2D eigenvalue weighted by Crippen LogP contribution is -2.48. The van der Waals surface area contributed by atoms with Gasteiger partial charge in [-0.1, -0.05) is 49.4 Å². The van der Waals surface area contributed by atoms with Gasteiger partial charge in [0.15, 0.2) is 0 Å². The van der Waals surface area contributed by atoms with Crippen molar-refractivity contribution in [3.63, 3.8) is 0 Å². The molecule has 1 unspecified atom stereocenters. The zero-order valence-electron chi connectivity index (χ0n) is 19.0. The molecule has 2 aromatic carbocycles. The molecular formula is C24H28N4O4S2. The van der Waals surface area contributed by atoms with Crippen LogP contribution in [-0.4, -0.2) is 31.6 Å². The van der Waals surface area contributed by atoms with Crippen molar-refractivity contribution in [1.29, 1.82) is 0 Å². The maximum atomic E-state index is 13.3. The van der Waals surface area contributed by atoms with Crippen molar-refractivity contribution >= 4 is 40.1 Å². The Morgan fingerprint density at radius 1 is 1.03 bits per heavy atom. The average Bonchev–Trinajstić information content (AvgIpc) is 3.29. The van der Waals surface area contributed by atoms with Crippen LogP contribution in [-0.2, 0) is 40.1 Å². The molecule has 10 heteroatoms. The minimum Gasteiger partial charge on any atom is -0.345 e. The first kappa shape index (κ1) is 25.5. The fourth-order valence-electron chi connectivity index (χ4n) is 3.47. The Bertz CT molecular complexity index is 1120. The van der Waals surface area contributed by atoms with E-state index in [9.17, 15) is 13.8 Å². The first-order chi connectivity index (χ1) is 16.3. The minimum absolute atomic E-state index is 0.278. The number of thiazole rings is 1. The van der Waals surface area contributed by atoms with Crippen LogP contribution in [0.2, 0.25) is 0 Å². The molecular weight excluding hydrogens is 472 g/mol. The molecule has 4 N–H and O–H groups in total. The van der Waals surface area contributed by atoms with Crippen molar-refractivity contribution in [3.8, 4) is 0 Å². The highest BCUT2D eigenvalue weighted by molar-refractivity contribution is 7.80. The fourth-order valence-corrected chi connectivity index (χ4v) is 4.76. The van der Waals surface area contributed by atoms with Gasteiger partial charge in [0.25, 0.3) is 11.3 Å². The van der Waals surface area contributed by atoms with Crippen LogP contribution in [0.15, 0.2) is 60.0 Å². The van der Waals surface area contributed by atoms with Crippen molar-refractivity contribution in [3.05, 3.63) is 81.8 Å². The minimum atomic E-state index is -2.15. The van der Waals surface area contributed by atoms with E-state index in [-0.39, 0.29) is 11.8 Å². The van der Waals surface area contributed by atoms with Crippen molar-refractivity contribution in [2.75, 3.05) is 4.72 Å². The SMILES string of the molecule is CCc1csc([C@H](Cc2ccc(NS(=O)O)cc2)NC(=O)[C@H](Cc2ccccc2)NC(C)=O)n1. The van der Waals surface area contributed by atoms with Crippen LogP contribution in [0.25, 0.3) is 0 Å². The van der Waals surface area contributed by atoms with Crippen LogP contribution in [0.1, 0.15) is 41.7 Å². The number of anilines is 1. The number of hydrogen-bond donors (Lipinski definition) is 4. The number of aryl methyl sites for hydroxylation is 1. The van der Waals surface area contributed by atoms with Gasteiger partial charge in [-0.05, 0) is 36.1 Å². The van der Waals surface area contributed by atoms with Crippen LogP contribution in [0.5, 0.6) is 0 Å². The summed E-state index contributed by atoms with van der Waals surface area (Å²) in [7, 11) is 0. The highest BCUT2D eigenvalue weighted by atomic mass is 32.2. The highest BCUT2D eigenvalue weighted by Gasteiger charge is 2.25. The lowest BCUT2D eigenvalue weighted by atomic mass is 10.0. The van der Waals surface area contributed by atoms with Crippen molar-refractivity contribution in [2.24, 2.45) is 0 Å². The summed E-state index contributed by atoms with van der Waals surface area (Å²) < 4.78 is 22.4. The van der Waals surface area contributed by atoms with Gasteiger partial charge in [-0.2, -0.15) is 0 Å². The molecule has 0 fully saturated rings. The number of hydrogen-bond acceptors (Lipinski definition) is 5. The Kier molecular flexibility index (Phi) is 9.32. The smallest absolute Gasteiger partial charge is 0.259 e. The highest BCUT2D eigenvalue weighted by Crippen LogP contribution is 2.24. The van der Waals surface area contributed by atoms with Crippen LogP contribution in [0.4, 0.5) is 5.69 Å². The maximum Gasteiger partial charge on any atom is 0.259 e. The van der Waals surface area contributed by atoms with E-state index in [4.69, 9.17) is 4.55 Å². The third-order valence-electron chi connectivity index (χ3n) is 5.12. The van der Waals surface area contributed by atoms with Crippen molar-refractivity contribution in [2.45, 2.75) is 45.2 Å². The third kappa shape index (κ3) is 7.75. The molecule has 0 saturated carbocycles. The van der Waals surface area contributed by atoms with E-state index in [1.54, 1.807) is 12.1 Å². The lowest BCUT2D eigenvalue weighted by molar-refractivity contribution is -0.128. The van der Waals surface area contributed by atoms with Gasteiger partial charge in [0.1, 0.15) is 11.0 Å². The van der Waals surface area contributed by atoms with Crippen LogP contribution >= 0.6 is 11.3 Å². The summed E-state index contributed by atoms with van der Waals surface area (Å²) in [4.78, 5) is 29.8. The molecule has 0 radical (unpaired) electrons. The molecule has 1 heterocycles. The Labute approximate surface area is 205 Å². The molecule has 3 aromatic rings. The first-order valence-corrected chi connectivity index (χ1v) is 12.8.